The molecule has 2 N–H and O–H groups in total. The Labute approximate surface area is 112 Å². The smallest absolute Gasteiger partial charge is 0.395 e. The zero-order valence-corrected chi connectivity index (χ0v) is 10.7. The van der Waals surface area contributed by atoms with E-state index in [1.54, 1.807) is 0 Å². The Bertz CT molecular complexity index is 579. The van der Waals surface area contributed by atoms with E-state index in [1.165, 1.54) is 35.0 Å². The number of nitrogens with zero attached hydrogens (tertiary/aromatic N) is 3. The van der Waals surface area contributed by atoms with Crippen LogP contribution in [0.4, 0.5) is 23.2 Å². The van der Waals surface area contributed by atoms with Crippen molar-refractivity contribution in [1.29, 1.82) is 0 Å². The zero-order valence-electron chi connectivity index (χ0n) is 8.54. The van der Waals surface area contributed by atoms with E-state index in [1.807, 2.05) is 0 Å². The third-order valence-electron chi connectivity index (χ3n) is 2.15. The van der Waals surface area contributed by atoms with Gasteiger partial charge in [-0.2, -0.15) is 23.4 Å². The average molecular weight is 372 g/mol. The molecule has 2 rings (SSSR count). The molecule has 96 valence electrons. The van der Waals surface area contributed by atoms with Gasteiger partial charge in [0.2, 0.25) is 0 Å². The lowest BCUT2D eigenvalue weighted by molar-refractivity contribution is -0.137. The van der Waals surface area contributed by atoms with Crippen molar-refractivity contribution in [1.82, 2.24) is 15.0 Å². The molecule has 0 aliphatic heterocycles. The minimum Gasteiger partial charge on any atom is -0.395 e. The van der Waals surface area contributed by atoms with Crippen LogP contribution in [0.1, 0.15) is 5.56 Å². The second-order valence-corrected chi connectivity index (χ2v) is 4.38. The molecule has 0 spiro atoms. The molecule has 0 saturated heterocycles. The van der Waals surface area contributed by atoms with Crippen molar-refractivity contribution in [2.24, 2.45) is 0 Å². The minimum atomic E-state index is -4.72. The predicted molar refractivity (Wildman–Crippen MR) is 63.4 cm³/mol. The molecule has 0 amide bonds. The van der Waals surface area contributed by atoms with Crippen LogP contribution >= 0.6 is 22.6 Å². The molecule has 1 aromatic heterocycles. The van der Waals surface area contributed by atoms with Crippen molar-refractivity contribution >= 4 is 28.3 Å². The van der Waals surface area contributed by atoms with Crippen LogP contribution in [0.25, 0.3) is 5.69 Å². The molecule has 0 fully saturated rings. The number of anilines is 1. The SMILES string of the molecule is Nc1c(F)cc(C(F)(F)F)c(-n2nccn2)c1I. The summed E-state index contributed by atoms with van der Waals surface area (Å²) in [6.07, 6.45) is -2.29. The van der Waals surface area contributed by atoms with Gasteiger partial charge < -0.3 is 5.73 Å². The monoisotopic (exact) mass is 372 g/mol. The van der Waals surface area contributed by atoms with E-state index < -0.39 is 17.6 Å². The third kappa shape index (κ3) is 2.13. The summed E-state index contributed by atoms with van der Waals surface area (Å²) in [4.78, 5) is 0.764. The maximum absolute atomic E-state index is 13.3. The molecule has 9 heteroatoms. The van der Waals surface area contributed by atoms with Gasteiger partial charge in [0.15, 0.2) is 0 Å². The maximum atomic E-state index is 13.3. The van der Waals surface area contributed by atoms with Gasteiger partial charge >= 0.3 is 6.18 Å². The highest BCUT2D eigenvalue weighted by Crippen LogP contribution is 2.38. The average Bonchev–Trinajstić information content (AvgIpc) is 2.77. The van der Waals surface area contributed by atoms with Crippen LogP contribution in [0, 0.1) is 9.39 Å². The van der Waals surface area contributed by atoms with E-state index in [2.05, 4.69) is 10.2 Å². The molecule has 0 saturated carbocycles. The van der Waals surface area contributed by atoms with Crippen molar-refractivity contribution in [2.45, 2.75) is 6.18 Å². The van der Waals surface area contributed by atoms with Crippen LogP contribution in [-0.4, -0.2) is 15.0 Å². The van der Waals surface area contributed by atoms with Gasteiger partial charge in [-0.25, -0.2) is 4.39 Å². The fraction of sp³-hybridized carbons (Fsp3) is 0.111. The minimum absolute atomic E-state index is 0.0869. The number of benzene rings is 1. The molecule has 0 aliphatic carbocycles. The van der Waals surface area contributed by atoms with Gasteiger partial charge in [-0.15, -0.1) is 4.80 Å². The summed E-state index contributed by atoms with van der Waals surface area (Å²) in [7, 11) is 0. The summed E-state index contributed by atoms with van der Waals surface area (Å²) in [6.45, 7) is 0. The molecule has 2 aromatic rings. The number of aromatic nitrogens is 3. The third-order valence-corrected chi connectivity index (χ3v) is 3.24. The van der Waals surface area contributed by atoms with Crippen LogP contribution in [0.15, 0.2) is 18.5 Å². The Kier molecular flexibility index (Phi) is 3.17. The zero-order chi connectivity index (χ0) is 13.5. The van der Waals surface area contributed by atoms with Crippen molar-refractivity contribution in [3.8, 4) is 5.69 Å². The maximum Gasteiger partial charge on any atom is 0.418 e. The molecular formula is C9H5F4IN4. The van der Waals surface area contributed by atoms with Crippen LogP contribution in [0.3, 0.4) is 0 Å². The fourth-order valence-electron chi connectivity index (χ4n) is 1.37. The second-order valence-electron chi connectivity index (χ2n) is 3.30. The lowest BCUT2D eigenvalue weighted by Crippen LogP contribution is -2.16. The number of nitrogens with two attached hydrogens (primary N) is 1. The number of alkyl halides is 3. The molecular weight excluding hydrogens is 367 g/mol. The van der Waals surface area contributed by atoms with Crippen LogP contribution in [-0.2, 0) is 6.18 Å². The van der Waals surface area contributed by atoms with Gasteiger partial charge in [0, 0.05) is 0 Å². The summed E-state index contributed by atoms with van der Waals surface area (Å²) < 4.78 is 51.8. The van der Waals surface area contributed by atoms with Gasteiger partial charge in [-0.3, -0.25) is 0 Å². The Morgan fingerprint density at radius 3 is 2.28 bits per heavy atom. The van der Waals surface area contributed by atoms with Crippen LogP contribution < -0.4 is 5.73 Å². The second kappa shape index (κ2) is 4.37. The number of nitrogen functional groups attached to an aromatic ring is 1. The van der Waals surface area contributed by atoms with Crippen molar-refractivity contribution in [2.75, 3.05) is 5.73 Å². The summed E-state index contributed by atoms with van der Waals surface area (Å²) in [5, 5.41) is 7.23. The number of hydrogen-bond donors (Lipinski definition) is 1. The van der Waals surface area contributed by atoms with Gasteiger partial charge in [0.25, 0.3) is 0 Å². The van der Waals surface area contributed by atoms with Crippen molar-refractivity contribution in [3.05, 3.63) is 33.4 Å². The van der Waals surface area contributed by atoms with E-state index in [9.17, 15) is 17.6 Å². The molecule has 1 aromatic carbocycles. The Morgan fingerprint density at radius 1 is 1.22 bits per heavy atom. The van der Waals surface area contributed by atoms with Gasteiger partial charge in [-0.1, -0.05) is 0 Å². The van der Waals surface area contributed by atoms with Gasteiger partial charge in [0.1, 0.15) is 11.5 Å². The topological polar surface area (TPSA) is 56.7 Å². The summed E-state index contributed by atoms with van der Waals surface area (Å²) >= 11 is 1.53. The molecule has 0 aliphatic rings. The number of hydrogen-bond acceptors (Lipinski definition) is 3. The van der Waals surface area contributed by atoms with E-state index in [-0.39, 0.29) is 14.9 Å². The first-order valence-electron chi connectivity index (χ1n) is 4.53. The Hall–Kier alpha value is -1.39. The molecule has 0 atom stereocenters. The highest BCUT2D eigenvalue weighted by Gasteiger charge is 2.37. The van der Waals surface area contributed by atoms with E-state index >= 15 is 0 Å². The first kappa shape index (κ1) is 13.1. The van der Waals surface area contributed by atoms with Crippen molar-refractivity contribution < 1.29 is 17.6 Å². The van der Waals surface area contributed by atoms with Crippen LogP contribution in [0.2, 0.25) is 0 Å². The molecule has 4 nitrogen and oxygen atoms in total. The fourth-order valence-corrected chi connectivity index (χ4v) is 2.13. The van der Waals surface area contributed by atoms with E-state index in [0.29, 0.717) is 6.07 Å². The summed E-state index contributed by atoms with van der Waals surface area (Å²) in [5.41, 5.74) is 3.46. The molecule has 18 heavy (non-hydrogen) atoms. The Morgan fingerprint density at radius 2 is 1.78 bits per heavy atom. The molecule has 0 unspecified atom stereocenters. The number of halogens is 5. The molecule has 0 bridgehead atoms. The molecule has 1 heterocycles. The summed E-state index contributed by atoms with van der Waals surface area (Å²) in [6, 6.07) is 0.343. The first-order chi connectivity index (χ1) is 8.32. The quantitative estimate of drug-likeness (QED) is 0.476. The van der Waals surface area contributed by atoms with E-state index in [4.69, 9.17) is 5.73 Å². The largest absolute Gasteiger partial charge is 0.418 e. The lowest BCUT2D eigenvalue weighted by Gasteiger charge is -2.15. The van der Waals surface area contributed by atoms with Crippen LogP contribution in [0.5, 0.6) is 0 Å². The lowest BCUT2D eigenvalue weighted by atomic mass is 10.1. The predicted octanol–water partition coefficient (Wildman–Crippen LogP) is 2.61. The highest BCUT2D eigenvalue weighted by molar-refractivity contribution is 14.1. The van der Waals surface area contributed by atoms with Crippen molar-refractivity contribution in [3.63, 3.8) is 0 Å². The van der Waals surface area contributed by atoms with E-state index in [0.717, 1.165) is 4.80 Å². The highest BCUT2D eigenvalue weighted by atomic mass is 127. The number of rotatable bonds is 1. The summed E-state index contributed by atoms with van der Waals surface area (Å²) in [5.74, 6) is -1.12. The first-order valence-corrected chi connectivity index (χ1v) is 5.61. The van der Waals surface area contributed by atoms with Gasteiger partial charge in [-0.05, 0) is 28.7 Å². The van der Waals surface area contributed by atoms with Gasteiger partial charge in [0.05, 0.1) is 27.2 Å². The molecule has 0 radical (unpaired) electrons. The Balaban J connectivity index is 2.81. The normalized spacial score (nSPS) is 11.8. The standard InChI is InChI=1S/C9H5F4IN4/c10-5-3-4(9(11,12)13)8(6(14)7(5)15)18-16-1-2-17-18/h1-3H,15H2.